The van der Waals surface area contributed by atoms with Crippen LogP contribution in [-0.4, -0.2) is 52.1 Å². The highest BCUT2D eigenvalue weighted by Crippen LogP contribution is 2.32. The van der Waals surface area contributed by atoms with Crippen LogP contribution in [0.2, 0.25) is 0 Å². The van der Waals surface area contributed by atoms with E-state index in [1.807, 2.05) is 12.1 Å². The van der Waals surface area contributed by atoms with Gasteiger partial charge in [0.25, 0.3) is 0 Å². The summed E-state index contributed by atoms with van der Waals surface area (Å²) in [5, 5.41) is 13.2. The van der Waals surface area contributed by atoms with Crippen molar-refractivity contribution in [1.29, 1.82) is 0 Å². The number of fused-ring (bicyclic) bond motifs is 1. The van der Waals surface area contributed by atoms with Gasteiger partial charge in [0.2, 0.25) is 0 Å². The van der Waals surface area contributed by atoms with Crippen molar-refractivity contribution in [3.8, 4) is 11.5 Å². The number of rotatable bonds is 5. The number of aromatic nitrogens is 2. The molecule has 0 amide bonds. The molecule has 1 aromatic carbocycles. The first-order valence-corrected chi connectivity index (χ1v) is 9.03. The minimum absolute atomic E-state index is 0.0823. The second kappa shape index (κ2) is 7.37. The van der Waals surface area contributed by atoms with Crippen LogP contribution >= 0.6 is 0 Å². The van der Waals surface area contributed by atoms with Crippen LogP contribution in [0.3, 0.4) is 0 Å². The summed E-state index contributed by atoms with van der Waals surface area (Å²) in [5.74, 6) is 1.08. The van der Waals surface area contributed by atoms with Gasteiger partial charge >= 0.3 is 5.97 Å². The van der Waals surface area contributed by atoms with E-state index >= 15 is 0 Å². The zero-order chi connectivity index (χ0) is 17.9. The molecule has 1 aromatic heterocycles. The minimum atomic E-state index is -0.862. The van der Waals surface area contributed by atoms with Crippen molar-refractivity contribution >= 4 is 5.97 Å². The fourth-order valence-electron chi connectivity index (χ4n) is 3.83. The van der Waals surface area contributed by atoms with Crippen LogP contribution < -0.4 is 9.47 Å². The van der Waals surface area contributed by atoms with Gasteiger partial charge in [-0.15, -0.1) is 0 Å². The number of hydrogen-bond donors (Lipinski definition) is 1. The maximum absolute atomic E-state index is 11.0. The maximum atomic E-state index is 11.0. The summed E-state index contributed by atoms with van der Waals surface area (Å²) < 4.78 is 12.9. The summed E-state index contributed by atoms with van der Waals surface area (Å²) in [5.41, 5.74) is 2.22. The Bertz CT molecular complexity index is 789. The number of piperidine rings is 1. The molecular weight excluding hydrogens is 334 g/mol. The van der Waals surface area contributed by atoms with Crippen molar-refractivity contribution in [2.75, 3.05) is 26.3 Å². The lowest BCUT2D eigenvalue weighted by Gasteiger charge is -2.33. The third-order valence-corrected chi connectivity index (χ3v) is 4.97. The molecule has 0 unspecified atom stereocenters. The molecule has 1 fully saturated rings. The quantitative estimate of drug-likeness (QED) is 0.883. The molecule has 2 aliphatic rings. The number of nitrogens with zero attached hydrogens (tertiary/aromatic N) is 3. The molecule has 0 aliphatic carbocycles. The number of carboxylic acids is 1. The van der Waals surface area contributed by atoms with Gasteiger partial charge < -0.3 is 14.6 Å². The van der Waals surface area contributed by atoms with Crippen LogP contribution in [0.4, 0.5) is 0 Å². The van der Waals surface area contributed by atoms with Gasteiger partial charge in [0.1, 0.15) is 19.8 Å². The molecule has 4 rings (SSSR count). The van der Waals surface area contributed by atoms with Crippen molar-refractivity contribution in [2.45, 2.75) is 31.8 Å². The van der Waals surface area contributed by atoms with Crippen LogP contribution in [-0.2, 0) is 17.9 Å². The summed E-state index contributed by atoms with van der Waals surface area (Å²) in [6.07, 6.45) is 3.84. The Morgan fingerprint density at radius 1 is 1.23 bits per heavy atom. The molecule has 26 heavy (non-hydrogen) atoms. The third-order valence-electron chi connectivity index (χ3n) is 4.97. The van der Waals surface area contributed by atoms with Gasteiger partial charge in [-0.1, -0.05) is 6.07 Å². The number of hydrogen-bond acceptors (Lipinski definition) is 5. The van der Waals surface area contributed by atoms with Crippen molar-refractivity contribution < 1.29 is 19.4 Å². The van der Waals surface area contributed by atoms with Gasteiger partial charge in [-0.2, -0.15) is 5.10 Å². The van der Waals surface area contributed by atoms with Gasteiger partial charge in [-0.25, -0.2) is 0 Å². The SMILES string of the molecule is O=C(O)Cn1nccc1[C@H]1CCCN(Cc2ccc3c(c2)OCCO3)C1. The van der Waals surface area contributed by atoms with Crippen molar-refractivity contribution in [3.63, 3.8) is 0 Å². The van der Waals surface area contributed by atoms with Crippen LogP contribution in [0.25, 0.3) is 0 Å². The third kappa shape index (κ3) is 3.67. The number of likely N-dealkylation sites (tertiary alicyclic amines) is 1. The fraction of sp³-hybridized carbons (Fsp3) is 0.474. The number of ether oxygens (including phenoxy) is 2. The predicted octanol–water partition coefficient (Wildman–Crippen LogP) is 2.12. The maximum Gasteiger partial charge on any atom is 0.325 e. The van der Waals surface area contributed by atoms with Gasteiger partial charge in [0.05, 0.1) is 0 Å². The van der Waals surface area contributed by atoms with E-state index in [9.17, 15) is 4.79 Å². The van der Waals surface area contributed by atoms with Crippen molar-refractivity contribution in [3.05, 3.63) is 41.7 Å². The molecule has 2 aromatic rings. The molecule has 138 valence electrons. The molecule has 1 N–H and O–H groups in total. The Labute approximate surface area is 152 Å². The fourth-order valence-corrected chi connectivity index (χ4v) is 3.83. The first kappa shape index (κ1) is 16.9. The Hall–Kier alpha value is -2.54. The zero-order valence-corrected chi connectivity index (χ0v) is 14.6. The first-order chi connectivity index (χ1) is 12.7. The molecule has 1 saturated heterocycles. The lowest BCUT2D eigenvalue weighted by atomic mass is 9.94. The number of aliphatic carboxylic acids is 1. The van der Waals surface area contributed by atoms with E-state index in [0.717, 1.165) is 49.7 Å². The van der Waals surface area contributed by atoms with Gasteiger partial charge in [0.15, 0.2) is 11.5 Å². The van der Waals surface area contributed by atoms with Crippen LogP contribution in [0.5, 0.6) is 11.5 Å². The zero-order valence-electron chi connectivity index (χ0n) is 14.6. The summed E-state index contributed by atoms with van der Waals surface area (Å²) in [6.45, 7) is 3.90. The summed E-state index contributed by atoms with van der Waals surface area (Å²) in [4.78, 5) is 13.4. The summed E-state index contributed by atoms with van der Waals surface area (Å²) >= 11 is 0. The normalized spacial score (nSPS) is 20.1. The van der Waals surface area contributed by atoms with E-state index in [1.165, 1.54) is 5.56 Å². The van der Waals surface area contributed by atoms with E-state index in [0.29, 0.717) is 19.1 Å². The lowest BCUT2D eigenvalue weighted by Crippen LogP contribution is -2.35. The first-order valence-electron chi connectivity index (χ1n) is 9.03. The number of carbonyl (C=O) groups is 1. The van der Waals surface area contributed by atoms with Gasteiger partial charge in [0, 0.05) is 30.9 Å². The van der Waals surface area contributed by atoms with E-state index < -0.39 is 5.97 Å². The monoisotopic (exact) mass is 357 g/mol. The second-order valence-corrected chi connectivity index (χ2v) is 6.86. The highest BCUT2D eigenvalue weighted by atomic mass is 16.6. The topological polar surface area (TPSA) is 76.8 Å². The molecule has 3 heterocycles. The van der Waals surface area contributed by atoms with E-state index in [4.69, 9.17) is 14.6 Å². The van der Waals surface area contributed by atoms with Gasteiger partial charge in [-0.05, 0) is 43.1 Å². The molecule has 0 radical (unpaired) electrons. The Balaban J connectivity index is 1.44. The molecule has 0 bridgehead atoms. The Morgan fingerprint density at radius 3 is 2.92 bits per heavy atom. The highest BCUT2D eigenvalue weighted by Gasteiger charge is 2.25. The Kier molecular flexibility index (Phi) is 4.79. The van der Waals surface area contributed by atoms with Gasteiger partial charge in [-0.3, -0.25) is 14.4 Å². The van der Waals surface area contributed by atoms with Crippen molar-refractivity contribution in [2.24, 2.45) is 0 Å². The molecule has 7 nitrogen and oxygen atoms in total. The molecule has 7 heteroatoms. The van der Waals surface area contributed by atoms with E-state index in [1.54, 1.807) is 10.9 Å². The predicted molar refractivity (Wildman–Crippen MR) is 94.5 cm³/mol. The number of benzene rings is 1. The smallest absolute Gasteiger partial charge is 0.325 e. The molecule has 1 atom stereocenters. The van der Waals surface area contributed by atoms with E-state index in [-0.39, 0.29) is 6.54 Å². The standard InChI is InChI=1S/C19H23N3O4/c23-19(24)13-22-16(5-6-20-22)15-2-1-7-21(12-15)11-14-3-4-17-18(10-14)26-9-8-25-17/h3-6,10,15H,1-2,7-9,11-13H2,(H,23,24)/t15-/m0/s1. The van der Waals surface area contributed by atoms with Crippen LogP contribution in [0.15, 0.2) is 30.5 Å². The summed E-state index contributed by atoms with van der Waals surface area (Å²) in [6, 6.07) is 8.08. The molecular formula is C19H23N3O4. The molecule has 0 saturated carbocycles. The van der Waals surface area contributed by atoms with E-state index in [2.05, 4.69) is 22.1 Å². The average Bonchev–Trinajstić information content (AvgIpc) is 3.09. The van der Waals surface area contributed by atoms with Crippen LogP contribution in [0, 0.1) is 0 Å². The average molecular weight is 357 g/mol. The summed E-state index contributed by atoms with van der Waals surface area (Å²) in [7, 11) is 0. The van der Waals surface area contributed by atoms with Crippen molar-refractivity contribution in [1.82, 2.24) is 14.7 Å². The second-order valence-electron chi connectivity index (χ2n) is 6.86. The Morgan fingerprint density at radius 2 is 2.08 bits per heavy atom. The molecule has 2 aliphatic heterocycles. The molecule has 0 spiro atoms. The minimum Gasteiger partial charge on any atom is -0.486 e. The number of carboxylic acid groups (broad SMARTS) is 1. The largest absolute Gasteiger partial charge is 0.486 e. The van der Waals surface area contributed by atoms with Crippen LogP contribution in [0.1, 0.15) is 30.0 Å². The highest BCUT2D eigenvalue weighted by molar-refractivity contribution is 5.66. The lowest BCUT2D eigenvalue weighted by molar-refractivity contribution is -0.137.